The molecular weight excluding hydrogens is 162 g/mol. The van der Waals surface area contributed by atoms with Crippen molar-refractivity contribution < 1.29 is 4.74 Å². The second kappa shape index (κ2) is 1.80. The van der Waals surface area contributed by atoms with Gasteiger partial charge in [-0.25, -0.2) is 0 Å². The Kier molecular flexibility index (Phi) is 1.17. The minimum absolute atomic E-state index is 0.209. The third kappa shape index (κ3) is 0.817. The van der Waals surface area contributed by atoms with Crippen molar-refractivity contribution in [3.8, 4) is 6.07 Å². The van der Waals surface area contributed by atoms with Crippen molar-refractivity contribution in [2.24, 2.45) is 0 Å². The number of nitriles is 1. The fourth-order valence-corrected chi connectivity index (χ4v) is 2.10. The zero-order chi connectivity index (χ0) is 8.11. The van der Waals surface area contributed by atoms with Gasteiger partial charge >= 0.3 is 0 Å². The number of nitrogens with zero attached hydrogens (tertiary/aromatic N) is 1. The third-order valence-corrected chi connectivity index (χ3v) is 2.70. The fraction of sp³-hybridized carbons (Fsp3) is 0.625. The molecule has 2 nitrogen and oxygen atoms in total. The summed E-state index contributed by atoms with van der Waals surface area (Å²) in [5, 5.41) is 8.77. The topological polar surface area (TPSA) is 33.0 Å². The Bertz CT molecular complexity index is 270. The van der Waals surface area contributed by atoms with E-state index >= 15 is 0 Å². The van der Waals surface area contributed by atoms with Crippen LogP contribution >= 0.6 is 11.6 Å². The van der Waals surface area contributed by atoms with Gasteiger partial charge in [-0.3, -0.25) is 0 Å². The third-order valence-electron chi connectivity index (χ3n) is 2.26. The lowest BCUT2D eigenvalue weighted by atomic mass is 9.88. The van der Waals surface area contributed by atoms with Crippen LogP contribution in [0, 0.1) is 11.3 Å². The highest BCUT2D eigenvalue weighted by Crippen LogP contribution is 2.47. The summed E-state index contributed by atoms with van der Waals surface area (Å²) in [6, 6.07) is 2.09. The minimum atomic E-state index is -0.816. The van der Waals surface area contributed by atoms with Gasteiger partial charge in [0, 0.05) is 6.42 Å². The van der Waals surface area contributed by atoms with Gasteiger partial charge in [0.15, 0.2) is 4.87 Å². The number of hydrogen-bond donors (Lipinski definition) is 0. The normalized spacial score (nSPS) is 53.0. The van der Waals surface area contributed by atoms with Crippen molar-refractivity contribution in [3.63, 3.8) is 0 Å². The molecule has 3 heteroatoms. The molecule has 0 aromatic heterocycles. The van der Waals surface area contributed by atoms with Gasteiger partial charge in [0.1, 0.15) is 6.10 Å². The molecule has 58 valence electrons. The van der Waals surface area contributed by atoms with E-state index in [1.807, 2.05) is 19.1 Å². The van der Waals surface area contributed by atoms with E-state index < -0.39 is 4.87 Å². The Morgan fingerprint density at radius 1 is 1.82 bits per heavy atom. The van der Waals surface area contributed by atoms with Crippen LogP contribution < -0.4 is 0 Å². The van der Waals surface area contributed by atoms with Crippen LogP contribution in [0.25, 0.3) is 0 Å². The van der Waals surface area contributed by atoms with Crippen LogP contribution in [0.2, 0.25) is 0 Å². The predicted octanol–water partition coefficient (Wildman–Crippen LogP) is 1.60. The Hall–Kier alpha value is -0.520. The summed E-state index contributed by atoms with van der Waals surface area (Å²) >= 11 is 6.00. The highest BCUT2D eigenvalue weighted by atomic mass is 35.5. The molecule has 2 heterocycles. The highest BCUT2D eigenvalue weighted by Gasteiger charge is 2.55. The van der Waals surface area contributed by atoms with Crippen LogP contribution in [-0.4, -0.2) is 16.6 Å². The molecule has 0 aliphatic carbocycles. The predicted molar refractivity (Wildman–Crippen MR) is 41.2 cm³/mol. The van der Waals surface area contributed by atoms with Crippen LogP contribution in [0.1, 0.15) is 13.3 Å². The van der Waals surface area contributed by atoms with Gasteiger partial charge in [0.2, 0.25) is 0 Å². The zero-order valence-electron chi connectivity index (χ0n) is 6.17. The molecule has 0 radical (unpaired) electrons. The Labute approximate surface area is 70.4 Å². The van der Waals surface area contributed by atoms with Gasteiger partial charge in [-0.2, -0.15) is 5.26 Å². The van der Waals surface area contributed by atoms with E-state index in [-0.39, 0.29) is 11.7 Å². The second-order valence-electron chi connectivity index (χ2n) is 3.36. The smallest absolute Gasteiger partial charge is 0.163 e. The van der Waals surface area contributed by atoms with Crippen LogP contribution in [-0.2, 0) is 4.74 Å². The van der Waals surface area contributed by atoms with Crippen LogP contribution in [0.15, 0.2) is 12.2 Å². The summed E-state index contributed by atoms with van der Waals surface area (Å²) in [4.78, 5) is -0.816. The largest absolute Gasteiger partial charge is 0.361 e. The lowest BCUT2D eigenvalue weighted by Crippen LogP contribution is -2.30. The molecular formula is C8H8ClNO. The van der Waals surface area contributed by atoms with Gasteiger partial charge in [-0.1, -0.05) is 23.8 Å². The van der Waals surface area contributed by atoms with Gasteiger partial charge in [0.25, 0.3) is 0 Å². The summed E-state index contributed by atoms with van der Waals surface area (Å²) in [5.74, 6) is 0. The monoisotopic (exact) mass is 169 g/mol. The average Bonchev–Trinajstić information content (AvgIpc) is 2.41. The molecule has 2 rings (SSSR count). The van der Waals surface area contributed by atoms with Crippen LogP contribution in [0.4, 0.5) is 0 Å². The molecule has 11 heavy (non-hydrogen) atoms. The first-order chi connectivity index (χ1) is 5.08. The molecule has 0 spiro atoms. The Morgan fingerprint density at radius 2 is 2.55 bits per heavy atom. The fourth-order valence-electron chi connectivity index (χ4n) is 1.72. The van der Waals surface area contributed by atoms with Gasteiger partial charge in [-0.15, -0.1) is 0 Å². The molecule has 2 bridgehead atoms. The molecule has 3 atom stereocenters. The molecule has 2 aliphatic rings. The van der Waals surface area contributed by atoms with Crippen molar-refractivity contribution in [2.75, 3.05) is 0 Å². The molecule has 1 unspecified atom stereocenters. The van der Waals surface area contributed by atoms with E-state index in [1.54, 1.807) is 0 Å². The Morgan fingerprint density at radius 3 is 2.82 bits per heavy atom. The average molecular weight is 170 g/mol. The summed E-state index contributed by atoms with van der Waals surface area (Å²) in [5.41, 5.74) is -0.290. The first kappa shape index (κ1) is 7.15. The lowest BCUT2D eigenvalue weighted by molar-refractivity contribution is 0.0451. The summed E-state index contributed by atoms with van der Waals surface area (Å²) in [6.07, 6.45) is 4.24. The highest BCUT2D eigenvalue weighted by molar-refractivity contribution is 6.26. The number of ether oxygens (including phenoxy) is 1. The van der Waals surface area contributed by atoms with Crippen molar-refractivity contribution in [1.82, 2.24) is 0 Å². The maximum Gasteiger partial charge on any atom is 0.163 e. The van der Waals surface area contributed by atoms with E-state index in [0.717, 1.165) is 0 Å². The maximum atomic E-state index is 8.77. The van der Waals surface area contributed by atoms with Crippen molar-refractivity contribution in [1.29, 1.82) is 5.26 Å². The van der Waals surface area contributed by atoms with E-state index in [9.17, 15) is 0 Å². The van der Waals surface area contributed by atoms with Crippen molar-refractivity contribution in [3.05, 3.63) is 12.2 Å². The first-order valence-electron chi connectivity index (χ1n) is 3.55. The standard InChI is InChI=1S/C8H8ClNO/c1-7-3-2-6(11-7)8(9,4-7)5-10/h2-3,6H,4H2,1H3/t6-,7+,8?/m1/s1. The van der Waals surface area contributed by atoms with Gasteiger partial charge in [0.05, 0.1) is 11.7 Å². The summed E-state index contributed by atoms with van der Waals surface area (Å²) < 4.78 is 5.50. The van der Waals surface area contributed by atoms with Gasteiger partial charge in [-0.05, 0) is 6.92 Å². The molecule has 0 saturated carbocycles. The van der Waals surface area contributed by atoms with Crippen LogP contribution in [0.3, 0.4) is 0 Å². The van der Waals surface area contributed by atoms with E-state index in [0.29, 0.717) is 6.42 Å². The minimum Gasteiger partial charge on any atom is -0.361 e. The lowest BCUT2D eigenvalue weighted by Gasteiger charge is -2.19. The number of hydrogen-bond acceptors (Lipinski definition) is 2. The molecule has 1 fully saturated rings. The maximum absolute atomic E-state index is 8.77. The summed E-state index contributed by atoms with van der Waals surface area (Å²) in [6.45, 7) is 1.95. The first-order valence-corrected chi connectivity index (χ1v) is 3.93. The van der Waals surface area contributed by atoms with E-state index in [2.05, 4.69) is 6.07 Å². The van der Waals surface area contributed by atoms with E-state index in [1.165, 1.54) is 0 Å². The number of fused-ring (bicyclic) bond motifs is 2. The van der Waals surface area contributed by atoms with E-state index in [4.69, 9.17) is 21.6 Å². The van der Waals surface area contributed by atoms with Crippen molar-refractivity contribution >= 4 is 11.6 Å². The molecule has 0 N–H and O–H groups in total. The number of halogens is 1. The molecule has 0 aromatic carbocycles. The Balaban J connectivity index is 2.38. The zero-order valence-corrected chi connectivity index (χ0v) is 6.93. The summed E-state index contributed by atoms with van der Waals surface area (Å²) in [7, 11) is 0. The quantitative estimate of drug-likeness (QED) is 0.408. The molecule has 0 amide bonds. The number of rotatable bonds is 0. The molecule has 2 aliphatic heterocycles. The number of alkyl halides is 1. The van der Waals surface area contributed by atoms with Crippen molar-refractivity contribution in [2.45, 2.75) is 29.9 Å². The second-order valence-corrected chi connectivity index (χ2v) is 4.04. The molecule has 0 aromatic rings. The SMILES string of the molecule is C[C@@]12C=C[C@@H](O1)C(Cl)(C#N)C2. The van der Waals surface area contributed by atoms with Crippen LogP contribution in [0.5, 0.6) is 0 Å². The molecule has 1 saturated heterocycles. The van der Waals surface area contributed by atoms with Gasteiger partial charge < -0.3 is 4.74 Å².